The van der Waals surface area contributed by atoms with Gasteiger partial charge in [-0.25, -0.2) is 4.98 Å². The van der Waals surface area contributed by atoms with E-state index >= 15 is 0 Å². The lowest BCUT2D eigenvalue weighted by molar-refractivity contribution is -0.132. The maximum Gasteiger partial charge on any atom is 0.224 e. The van der Waals surface area contributed by atoms with Gasteiger partial charge in [0.05, 0.1) is 6.54 Å². The molecule has 0 unspecified atom stereocenters. The molecule has 4 heterocycles. The predicted molar refractivity (Wildman–Crippen MR) is 162 cm³/mol. The molecule has 0 N–H and O–H groups in total. The topological polar surface area (TPSA) is 77.8 Å². The van der Waals surface area contributed by atoms with Crippen molar-refractivity contribution < 1.29 is 9.59 Å². The third-order valence-electron chi connectivity index (χ3n) is 8.24. The lowest BCUT2D eigenvalue weighted by Crippen LogP contribution is -2.47. The molecule has 0 saturated carbocycles. The van der Waals surface area contributed by atoms with Crippen molar-refractivity contribution in [3.8, 4) is 0 Å². The molecule has 1 saturated heterocycles. The summed E-state index contributed by atoms with van der Waals surface area (Å²) in [5.41, 5.74) is 3.04. The van der Waals surface area contributed by atoms with E-state index in [-0.39, 0.29) is 11.8 Å². The smallest absolute Gasteiger partial charge is 0.224 e. The fourth-order valence-corrected chi connectivity index (χ4v) is 5.88. The molecule has 0 radical (unpaired) electrons. The summed E-state index contributed by atoms with van der Waals surface area (Å²) in [6.07, 6.45) is 11.4. The number of rotatable bonds is 6. The minimum Gasteiger partial charge on any atom is -0.354 e. The quantitative estimate of drug-likeness (QED) is 0.453. The number of aromatic nitrogens is 3. The number of carbonyl (C=O) groups is 2. The van der Waals surface area contributed by atoms with E-state index in [4.69, 9.17) is 0 Å². The summed E-state index contributed by atoms with van der Waals surface area (Å²) in [7, 11) is 0. The molecule has 0 bridgehead atoms. The predicted octanol–water partition coefficient (Wildman–Crippen LogP) is 4.18. The summed E-state index contributed by atoms with van der Waals surface area (Å²) in [6.45, 7) is 8.72. The Labute approximate surface area is 243 Å². The van der Waals surface area contributed by atoms with Crippen LogP contribution in [0.2, 0.25) is 0 Å². The van der Waals surface area contributed by atoms with E-state index in [0.29, 0.717) is 26.1 Å². The molecule has 9 heteroatoms. The molecule has 0 atom stereocenters. The van der Waals surface area contributed by atoms with Crippen LogP contribution in [0.3, 0.4) is 0 Å². The van der Waals surface area contributed by atoms with Gasteiger partial charge in [-0.1, -0.05) is 37.5 Å². The Morgan fingerprint density at radius 1 is 0.854 bits per heavy atom. The zero-order valence-electron chi connectivity index (χ0n) is 24.3. The summed E-state index contributed by atoms with van der Waals surface area (Å²) in [5.74, 6) is 1.26. The van der Waals surface area contributed by atoms with Crippen LogP contribution in [-0.4, -0.2) is 82.2 Å². The summed E-state index contributed by atoms with van der Waals surface area (Å²) in [6, 6.07) is 14.3. The van der Waals surface area contributed by atoms with E-state index in [2.05, 4.69) is 44.1 Å². The van der Waals surface area contributed by atoms with Crippen LogP contribution in [0.25, 0.3) is 0 Å². The molecular weight excluding hydrogens is 514 g/mol. The molecule has 3 aromatic rings. The van der Waals surface area contributed by atoms with E-state index in [1.54, 1.807) is 13.1 Å². The second-order valence-corrected chi connectivity index (χ2v) is 11.2. The molecule has 5 rings (SSSR count). The van der Waals surface area contributed by atoms with Gasteiger partial charge in [0, 0.05) is 90.0 Å². The summed E-state index contributed by atoms with van der Waals surface area (Å²) >= 11 is 0. The number of benzene rings is 1. The second-order valence-electron chi connectivity index (χ2n) is 11.2. The van der Waals surface area contributed by atoms with Crippen molar-refractivity contribution in [1.82, 2.24) is 24.6 Å². The minimum atomic E-state index is 0.0438. The van der Waals surface area contributed by atoms with Crippen LogP contribution in [0.4, 0.5) is 11.5 Å². The molecule has 9 nitrogen and oxygen atoms in total. The van der Waals surface area contributed by atoms with Gasteiger partial charge in [0.25, 0.3) is 0 Å². The Hall–Kier alpha value is -3.72. The van der Waals surface area contributed by atoms with Crippen molar-refractivity contribution in [2.24, 2.45) is 0 Å². The highest BCUT2D eigenvalue weighted by molar-refractivity contribution is 5.92. The second kappa shape index (κ2) is 14.3. The van der Waals surface area contributed by atoms with Crippen molar-refractivity contribution in [2.45, 2.75) is 58.5 Å². The Kier molecular flexibility index (Phi) is 10.0. The number of hydrogen-bond donors (Lipinski definition) is 0. The normalized spacial score (nSPS) is 17.4. The van der Waals surface area contributed by atoms with Gasteiger partial charge in [-0.05, 0) is 48.2 Å². The number of piperazine rings is 1. The molecule has 1 aromatic carbocycles. The third-order valence-corrected chi connectivity index (χ3v) is 8.24. The van der Waals surface area contributed by atoms with Crippen LogP contribution in [0.15, 0.2) is 61.1 Å². The van der Waals surface area contributed by atoms with Crippen LogP contribution in [0.1, 0.15) is 56.6 Å². The monoisotopic (exact) mass is 557 g/mol. The highest BCUT2D eigenvalue weighted by atomic mass is 16.2. The highest BCUT2D eigenvalue weighted by Crippen LogP contribution is 2.27. The number of hydrogen-bond acceptors (Lipinski definition) is 6. The fraction of sp³-hybridized carbons (Fsp3) is 0.500. The maximum atomic E-state index is 13.6. The molecule has 2 aromatic heterocycles. The number of amides is 2. The fourth-order valence-electron chi connectivity index (χ4n) is 5.88. The first-order valence-electron chi connectivity index (χ1n) is 15.1. The Bertz CT molecular complexity index is 1260. The van der Waals surface area contributed by atoms with E-state index in [9.17, 15) is 9.59 Å². The third kappa shape index (κ3) is 7.94. The van der Waals surface area contributed by atoms with Crippen molar-refractivity contribution in [3.63, 3.8) is 0 Å². The number of fused-ring (bicyclic) bond motifs is 1. The summed E-state index contributed by atoms with van der Waals surface area (Å²) < 4.78 is 1.89. The van der Waals surface area contributed by atoms with Crippen molar-refractivity contribution in [2.75, 3.05) is 55.6 Å². The van der Waals surface area contributed by atoms with Gasteiger partial charge in [-0.3, -0.25) is 19.2 Å². The average Bonchev–Trinajstić information content (AvgIpc) is 3.50. The largest absolute Gasteiger partial charge is 0.354 e. The lowest BCUT2D eigenvalue weighted by atomic mass is 10.0. The average molecular weight is 558 g/mol. The van der Waals surface area contributed by atoms with Gasteiger partial charge in [-0.15, -0.1) is 0 Å². The number of nitrogens with zero attached hydrogens (tertiary/aromatic N) is 7. The van der Waals surface area contributed by atoms with Gasteiger partial charge in [-0.2, -0.15) is 5.10 Å². The number of pyridine rings is 1. The lowest BCUT2D eigenvalue weighted by Gasteiger charge is -2.35. The summed E-state index contributed by atoms with van der Waals surface area (Å²) in [4.78, 5) is 39.6. The molecule has 2 aliphatic heterocycles. The van der Waals surface area contributed by atoms with E-state index in [1.165, 1.54) is 0 Å². The Balaban J connectivity index is 1.27. The van der Waals surface area contributed by atoms with Gasteiger partial charge in [0.15, 0.2) is 0 Å². The van der Waals surface area contributed by atoms with Gasteiger partial charge in [0.2, 0.25) is 11.8 Å². The molecule has 41 heavy (non-hydrogen) atoms. The molecule has 218 valence electrons. The Morgan fingerprint density at radius 2 is 1.66 bits per heavy atom. The molecule has 2 aliphatic rings. The van der Waals surface area contributed by atoms with E-state index < -0.39 is 0 Å². The zero-order chi connectivity index (χ0) is 28.4. The van der Waals surface area contributed by atoms with Crippen LogP contribution >= 0.6 is 0 Å². The highest BCUT2D eigenvalue weighted by Gasteiger charge is 2.23. The first-order valence-corrected chi connectivity index (χ1v) is 15.1. The van der Waals surface area contributed by atoms with Crippen LogP contribution in [-0.2, 0) is 22.7 Å². The van der Waals surface area contributed by atoms with Crippen LogP contribution in [0.5, 0.6) is 0 Å². The van der Waals surface area contributed by atoms with Gasteiger partial charge in [0.1, 0.15) is 5.82 Å². The van der Waals surface area contributed by atoms with Crippen LogP contribution in [0, 0.1) is 0 Å². The Morgan fingerprint density at radius 3 is 2.39 bits per heavy atom. The summed E-state index contributed by atoms with van der Waals surface area (Å²) in [5, 5.41) is 4.35. The van der Waals surface area contributed by atoms with E-state index in [1.807, 2.05) is 45.1 Å². The first-order chi connectivity index (χ1) is 20.1. The number of anilines is 2. The molecular formula is C32H43N7O2. The zero-order valence-corrected chi connectivity index (χ0v) is 24.3. The SMILES string of the molecule is CC(=O)N1CCCCCCCN(C(=O)CCN2CCN(c3ccccn3)CC2)Cc2ccc(Cn3cccn3)cc21. The molecule has 0 spiro atoms. The first kappa shape index (κ1) is 28.8. The number of carbonyl (C=O) groups excluding carboxylic acids is 2. The van der Waals surface area contributed by atoms with Crippen molar-refractivity contribution >= 4 is 23.3 Å². The van der Waals surface area contributed by atoms with Gasteiger partial charge >= 0.3 is 0 Å². The molecule has 1 fully saturated rings. The minimum absolute atomic E-state index is 0.0438. The molecule has 2 amide bonds. The van der Waals surface area contributed by atoms with E-state index in [0.717, 1.165) is 94.0 Å². The van der Waals surface area contributed by atoms with Gasteiger partial charge < -0.3 is 14.7 Å². The molecule has 0 aliphatic carbocycles. The maximum absolute atomic E-state index is 13.6. The van der Waals surface area contributed by atoms with Crippen molar-refractivity contribution in [3.05, 3.63) is 72.2 Å². The standard InChI is InChI=1S/C32H43N7O2/c1-27(40)39-18-8-4-2-3-7-16-37(26-29-12-11-28(24-30(29)39)25-38-17-9-15-34-38)32(41)13-19-35-20-22-36(23-21-35)31-10-5-6-14-33-31/h5-6,9-12,14-15,17,24H,2-4,7-8,13,16,18-23,25-26H2,1H3. The van der Waals surface area contributed by atoms with Crippen LogP contribution < -0.4 is 9.80 Å². The van der Waals surface area contributed by atoms with Crippen molar-refractivity contribution in [1.29, 1.82) is 0 Å².